The van der Waals surface area contributed by atoms with E-state index in [4.69, 9.17) is 51.0 Å². The van der Waals surface area contributed by atoms with E-state index in [1.165, 1.54) is 0 Å². The average Bonchev–Trinajstić information content (AvgIpc) is 2.45. The van der Waals surface area contributed by atoms with Gasteiger partial charge >= 0.3 is 0 Å². The smallest absolute Gasteiger partial charge is 0.266 e. The van der Waals surface area contributed by atoms with E-state index in [1.54, 1.807) is 0 Å². The Labute approximate surface area is 138 Å². The first-order valence-electron chi connectivity index (χ1n) is 5.93. The minimum Gasteiger partial charge on any atom is -0.299 e. The normalized spacial score (nSPS) is 31.9. The summed E-state index contributed by atoms with van der Waals surface area (Å²) >= 11 is 19.3. The van der Waals surface area contributed by atoms with Crippen LogP contribution in [0.3, 0.4) is 0 Å². The topological polar surface area (TPSA) is 71.4 Å². The highest BCUT2D eigenvalue weighted by Gasteiger charge is 2.65. The number of Topliss-reactive ketones (excluding diaryl/α,β-unsaturated/α-hetero) is 1. The third-order valence-electron chi connectivity index (χ3n) is 4.57. The molecule has 0 aromatic rings. The molecule has 9 heteroatoms. The third-order valence-corrected chi connectivity index (χ3v) is 5.43. The minimum atomic E-state index is -4.08. The van der Waals surface area contributed by atoms with Crippen LogP contribution in [0.1, 0.15) is 33.1 Å². The van der Waals surface area contributed by atoms with Crippen molar-refractivity contribution in [3.05, 3.63) is 0 Å². The van der Waals surface area contributed by atoms with Crippen LogP contribution < -0.4 is 0 Å². The summed E-state index contributed by atoms with van der Waals surface area (Å²) in [5.74, 6) is -0.101. The first-order chi connectivity index (χ1) is 8.69. The lowest BCUT2D eigenvalue weighted by Crippen LogP contribution is -2.42. The molecular weight excluding hydrogens is 370 g/mol. The molecule has 2 atom stereocenters. The number of hydrogen-bond acceptors (Lipinski definition) is 3. The Morgan fingerprint density at radius 2 is 1.75 bits per heavy atom. The summed E-state index contributed by atoms with van der Waals surface area (Å²) in [7, 11) is -4.08. The van der Waals surface area contributed by atoms with Crippen LogP contribution in [-0.2, 0) is 14.9 Å². The van der Waals surface area contributed by atoms with Gasteiger partial charge in [-0.2, -0.15) is 8.42 Å². The number of carbonyl (C=O) groups is 1. The van der Waals surface area contributed by atoms with Gasteiger partial charge in [0.15, 0.2) is 0 Å². The van der Waals surface area contributed by atoms with Gasteiger partial charge in [-0.15, -0.1) is 0 Å². The maximum Gasteiger partial charge on any atom is 0.266 e. The Morgan fingerprint density at radius 3 is 2.00 bits per heavy atom. The molecule has 0 spiro atoms. The lowest BCUT2D eigenvalue weighted by Gasteiger charge is -2.35. The Balaban J connectivity index is 0.000000347. The second kappa shape index (κ2) is 5.74. The molecule has 2 aliphatic carbocycles. The molecule has 2 aliphatic rings. The van der Waals surface area contributed by atoms with Gasteiger partial charge < -0.3 is 0 Å². The number of hydrogen-bond donors (Lipinski definition) is 1. The highest BCUT2D eigenvalue weighted by atomic mass is 35.6. The van der Waals surface area contributed by atoms with Crippen LogP contribution >= 0.6 is 46.4 Å². The predicted molar refractivity (Wildman–Crippen MR) is 81.1 cm³/mol. The molecule has 0 aromatic heterocycles. The van der Waals surface area contributed by atoms with Gasteiger partial charge in [0.2, 0.25) is 0 Å². The second-order valence-corrected chi connectivity index (χ2v) is 10.7. The van der Waals surface area contributed by atoms with Crippen molar-refractivity contribution in [2.24, 2.45) is 16.7 Å². The van der Waals surface area contributed by atoms with E-state index < -0.39 is 24.5 Å². The zero-order chi connectivity index (χ0) is 16.0. The lowest BCUT2D eigenvalue weighted by molar-refractivity contribution is -0.128. The molecule has 2 saturated carbocycles. The van der Waals surface area contributed by atoms with Crippen LogP contribution in [0.25, 0.3) is 0 Å². The van der Waals surface area contributed by atoms with Crippen molar-refractivity contribution in [2.75, 3.05) is 5.75 Å². The SMILES string of the molecule is CC1(C)C2CCC1(CS(=O)(=O)O)C(=O)C2.ClC(Cl)(Cl)Cl. The molecule has 20 heavy (non-hydrogen) atoms. The average molecular weight is 386 g/mol. The standard InChI is InChI=1S/C10H16O4S.CCl4/c1-9(2)7-3-4-10(9,8(11)5-7)6-15(12,13)14;2-1(3,4)5/h7H,3-6H2,1-2H3,(H,12,13,14);. The Morgan fingerprint density at radius 1 is 1.30 bits per heavy atom. The fraction of sp³-hybridized carbons (Fsp3) is 0.909. The molecule has 2 fully saturated rings. The molecule has 0 saturated heterocycles. The summed E-state index contributed by atoms with van der Waals surface area (Å²) in [6, 6.07) is 0. The number of halogens is 4. The van der Waals surface area contributed by atoms with Gasteiger partial charge in [-0.1, -0.05) is 60.3 Å². The first-order valence-corrected chi connectivity index (χ1v) is 9.05. The van der Waals surface area contributed by atoms with Crippen LogP contribution in [0, 0.1) is 16.7 Å². The minimum absolute atomic E-state index is 0.0152. The quantitative estimate of drug-likeness (QED) is 0.579. The van der Waals surface area contributed by atoms with Crippen molar-refractivity contribution in [1.29, 1.82) is 0 Å². The summed E-state index contributed by atoms with van der Waals surface area (Å²) in [5, 5.41) is 0. The molecule has 1 N–H and O–H groups in total. The van der Waals surface area contributed by atoms with Crippen LogP contribution in [0.15, 0.2) is 0 Å². The molecular formula is C11H16Cl4O4S. The summed E-state index contributed by atoms with van der Waals surface area (Å²) in [4.78, 5) is 11.9. The van der Waals surface area contributed by atoms with E-state index in [-0.39, 0.29) is 17.1 Å². The van der Waals surface area contributed by atoms with Crippen molar-refractivity contribution < 1.29 is 17.8 Å². The fourth-order valence-corrected chi connectivity index (χ4v) is 4.72. The predicted octanol–water partition coefficient (Wildman–Crippen LogP) is 3.82. The van der Waals surface area contributed by atoms with E-state index >= 15 is 0 Å². The highest BCUT2D eigenvalue weighted by molar-refractivity contribution is 7.85. The van der Waals surface area contributed by atoms with Gasteiger partial charge in [0.05, 0.1) is 11.2 Å². The van der Waals surface area contributed by atoms with E-state index in [0.717, 1.165) is 6.42 Å². The van der Waals surface area contributed by atoms with Crippen molar-refractivity contribution in [3.8, 4) is 0 Å². The molecule has 2 rings (SSSR count). The number of fused-ring (bicyclic) bond motifs is 2. The molecule has 0 aromatic carbocycles. The highest BCUT2D eigenvalue weighted by Crippen LogP contribution is 2.64. The van der Waals surface area contributed by atoms with Crippen LogP contribution in [0.4, 0.5) is 0 Å². The van der Waals surface area contributed by atoms with Crippen molar-refractivity contribution >= 4 is 62.3 Å². The van der Waals surface area contributed by atoms with Crippen LogP contribution in [0.2, 0.25) is 0 Å². The Bertz CT molecular complexity index is 491. The fourth-order valence-electron chi connectivity index (χ4n) is 3.42. The maximum absolute atomic E-state index is 11.9. The van der Waals surface area contributed by atoms with Gasteiger partial charge in [-0.25, -0.2) is 0 Å². The number of ketones is 1. The van der Waals surface area contributed by atoms with Crippen molar-refractivity contribution in [3.63, 3.8) is 0 Å². The Hall–Kier alpha value is 0.740. The van der Waals surface area contributed by atoms with Crippen LogP contribution in [-0.4, -0.2) is 27.8 Å². The van der Waals surface area contributed by atoms with Gasteiger partial charge in [-0.05, 0) is 24.2 Å². The Kier molecular flexibility index (Phi) is 5.40. The number of carbonyl (C=O) groups excluding carboxylic acids is 1. The van der Waals surface area contributed by atoms with E-state index in [2.05, 4.69) is 0 Å². The molecule has 2 unspecified atom stereocenters. The zero-order valence-corrected chi connectivity index (χ0v) is 14.8. The molecule has 0 amide bonds. The van der Waals surface area contributed by atoms with Gasteiger partial charge in [0, 0.05) is 6.42 Å². The largest absolute Gasteiger partial charge is 0.299 e. The second-order valence-electron chi connectivity index (χ2n) is 5.82. The molecule has 2 bridgehead atoms. The molecule has 118 valence electrons. The van der Waals surface area contributed by atoms with E-state index in [9.17, 15) is 13.2 Å². The van der Waals surface area contributed by atoms with Crippen molar-refractivity contribution in [1.82, 2.24) is 0 Å². The molecule has 0 radical (unpaired) electrons. The van der Waals surface area contributed by atoms with E-state index in [0.29, 0.717) is 12.8 Å². The molecule has 0 heterocycles. The molecule has 0 aliphatic heterocycles. The molecule has 4 nitrogen and oxygen atoms in total. The van der Waals surface area contributed by atoms with Gasteiger partial charge in [-0.3, -0.25) is 9.35 Å². The maximum atomic E-state index is 11.9. The monoisotopic (exact) mass is 384 g/mol. The van der Waals surface area contributed by atoms with Crippen LogP contribution in [0.5, 0.6) is 0 Å². The number of rotatable bonds is 2. The van der Waals surface area contributed by atoms with E-state index in [1.807, 2.05) is 13.8 Å². The summed E-state index contributed by atoms with van der Waals surface area (Å²) in [6.45, 7) is 3.89. The summed E-state index contributed by atoms with van der Waals surface area (Å²) in [5.41, 5.74) is -1.12. The summed E-state index contributed by atoms with van der Waals surface area (Å²) in [6.07, 6.45) is 1.97. The van der Waals surface area contributed by atoms with Gasteiger partial charge in [0.25, 0.3) is 13.4 Å². The third kappa shape index (κ3) is 4.14. The van der Waals surface area contributed by atoms with Gasteiger partial charge in [0.1, 0.15) is 5.78 Å². The summed E-state index contributed by atoms with van der Waals surface area (Å²) < 4.78 is 29.4. The zero-order valence-electron chi connectivity index (χ0n) is 11.0. The lowest BCUT2D eigenvalue weighted by atomic mass is 9.70. The number of alkyl halides is 4. The van der Waals surface area contributed by atoms with Crippen molar-refractivity contribution in [2.45, 2.75) is 36.4 Å². The first kappa shape index (κ1) is 18.8.